The van der Waals surface area contributed by atoms with Crippen LogP contribution < -0.4 is 11.3 Å². The molecule has 6 heteroatoms. The molecule has 0 saturated heterocycles. The van der Waals surface area contributed by atoms with E-state index in [1.165, 1.54) is 0 Å². The predicted octanol–water partition coefficient (Wildman–Crippen LogP) is 0.780. The second kappa shape index (κ2) is 3.90. The van der Waals surface area contributed by atoms with Crippen LogP contribution in [0.25, 0.3) is 11.4 Å². The summed E-state index contributed by atoms with van der Waals surface area (Å²) in [5.74, 6) is 6.68. The maximum absolute atomic E-state index is 5.41. The van der Waals surface area contributed by atoms with E-state index in [4.69, 9.17) is 5.84 Å². The van der Waals surface area contributed by atoms with Crippen LogP contribution in [0.1, 0.15) is 11.3 Å². The summed E-state index contributed by atoms with van der Waals surface area (Å²) in [6, 6.07) is 0. The molecule has 0 unspecified atom stereocenters. The lowest BCUT2D eigenvalue weighted by Gasteiger charge is -2.08. The molecule has 0 aliphatic rings. The van der Waals surface area contributed by atoms with Gasteiger partial charge < -0.3 is 5.43 Å². The van der Waals surface area contributed by atoms with Crippen LogP contribution in [0.5, 0.6) is 0 Å². The molecule has 0 spiro atoms. The first-order valence-corrected chi connectivity index (χ1v) is 4.92. The summed E-state index contributed by atoms with van der Waals surface area (Å²) in [5.41, 5.74) is 5.31. The summed E-state index contributed by atoms with van der Waals surface area (Å²) in [6.07, 6.45) is 3.59. The quantitative estimate of drug-likeness (QED) is 0.575. The van der Waals surface area contributed by atoms with E-state index in [0.29, 0.717) is 11.6 Å². The molecular weight excluding hydrogens is 204 g/mol. The fourth-order valence-electron chi connectivity index (χ4n) is 1.44. The molecular formula is C10H14N6. The summed E-state index contributed by atoms with van der Waals surface area (Å²) in [4.78, 5) is 8.74. The predicted molar refractivity (Wildman–Crippen MR) is 61.5 cm³/mol. The van der Waals surface area contributed by atoms with Crippen LogP contribution in [0.4, 0.5) is 5.82 Å². The highest BCUT2D eigenvalue weighted by molar-refractivity contribution is 5.57. The molecule has 2 heterocycles. The number of anilines is 1. The van der Waals surface area contributed by atoms with E-state index in [1.54, 1.807) is 10.9 Å². The summed E-state index contributed by atoms with van der Waals surface area (Å²) in [7, 11) is 1.85. The summed E-state index contributed by atoms with van der Waals surface area (Å²) >= 11 is 0. The molecule has 2 aromatic heterocycles. The zero-order valence-electron chi connectivity index (χ0n) is 9.52. The van der Waals surface area contributed by atoms with Gasteiger partial charge in [0.2, 0.25) is 0 Å². The zero-order valence-corrected chi connectivity index (χ0v) is 9.52. The molecule has 0 saturated carbocycles. The first-order valence-electron chi connectivity index (χ1n) is 4.92. The highest BCUT2D eigenvalue weighted by Gasteiger charge is 2.09. The Hall–Kier alpha value is -1.95. The molecule has 0 aromatic carbocycles. The minimum Gasteiger partial charge on any atom is -0.308 e. The Morgan fingerprint density at radius 1 is 1.31 bits per heavy atom. The topological polar surface area (TPSA) is 81.7 Å². The number of hydrazine groups is 1. The molecule has 6 nitrogen and oxygen atoms in total. The highest BCUT2D eigenvalue weighted by atomic mass is 15.3. The average molecular weight is 218 g/mol. The van der Waals surface area contributed by atoms with Gasteiger partial charge in [-0.2, -0.15) is 5.10 Å². The van der Waals surface area contributed by atoms with E-state index in [0.717, 1.165) is 16.8 Å². The Morgan fingerprint density at radius 2 is 2.06 bits per heavy atom. The number of nitrogens with two attached hydrogens (primary N) is 1. The smallest absolute Gasteiger partial charge is 0.165 e. The molecule has 0 aliphatic heterocycles. The molecule has 2 aromatic rings. The number of rotatable bonds is 2. The molecule has 0 aliphatic carbocycles. The SMILES string of the molecule is Cc1nc(-c2cnn(C)c2)nc(NN)c1C. The van der Waals surface area contributed by atoms with Crippen LogP contribution >= 0.6 is 0 Å². The van der Waals surface area contributed by atoms with Gasteiger partial charge in [0, 0.05) is 24.5 Å². The standard InChI is InChI=1S/C10H14N6/c1-6-7(2)13-10(14-9(6)15-11)8-4-12-16(3)5-8/h4-5H,11H2,1-3H3,(H,13,14,15). The summed E-state index contributed by atoms with van der Waals surface area (Å²) < 4.78 is 1.71. The summed E-state index contributed by atoms with van der Waals surface area (Å²) in [6.45, 7) is 3.86. The number of nitrogens with one attached hydrogen (secondary N) is 1. The normalized spacial score (nSPS) is 10.5. The molecule has 3 N–H and O–H groups in total. The maximum atomic E-state index is 5.41. The Kier molecular flexibility index (Phi) is 2.57. The third-order valence-electron chi connectivity index (χ3n) is 2.49. The van der Waals surface area contributed by atoms with Crippen molar-refractivity contribution in [2.75, 3.05) is 5.43 Å². The van der Waals surface area contributed by atoms with Gasteiger partial charge in [-0.15, -0.1) is 0 Å². The minimum atomic E-state index is 0.629. The number of nitrogen functional groups attached to an aromatic ring is 1. The van der Waals surface area contributed by atoms with Gasteiger partial charge in [0.15, 0.2) is 5.82 Å². The van der Waals surface area contributed by atoms with Gasteiger partial charge in [0.05, 0.1) is 11.8 Å². The molecule has 0 bridgehead atoms. The van der Waals surface area contributed by atoms with Crippen LogP contribution in [0.2, 0.25) is 0 Å². The van der Waals surface area contributed by atoms with Crippen LogP contribution in [0.15, 0.2) is 12.4 Å². The Bertz CT molecular complexity index is 516. The van der Waals surface area contributed by atoms with Gasteiger partial charge >= 0.3 is 0 Å². The Balaban J connectivity index is 2.54. The molecule has 84 valence electrons. The van der Waals surface area contributed by atoms with E-state index >= 15 is 0 Å². The van der Waals surface area contributed by atoms with Crippen molar-refractivity contribution in [3.05, 3.63) is 23.7 Å². The first-order chi connectivity index (χ1) is 7.61. The third-order valence-corrected chi connectivity index (χ3v) is 2.49. The lowest BCUT2D eigenvalue weighted by atomic mass is 10.2. The van der Waals surface area contributed by atoms with Gasteiger partial charge in [-0.3, -0.25) is 4.68 Å². The monoisotopic (exact) mass is 218 g/mol. The molecule has 16 heavy (non-hydrogen) atoms. The highest BCUT2D eigenvalue weighted by Crippen LogP contribution is 2.20. The van der Waals surface area contributed by atoms with Gasteiger partial charge in [-0.25, -0.2) is 15.8 Å². The van der Waals surface area contributed by atoms with Crippen molar-refractivity contribution in [2.24, 2.45) is 12.9 Å². The molecule has 0 atom stereocenters. The summed E-state index contributed by atoms with van der Waals surface area (Å²) in [5, 5.41) is 4.09. The number of hydrogen-bond donors (Lipinski definition) is 2. The largest absolute Gasteiger partial charge is 0.308 e. The van der Waals surface area contributed by atoms with E-state index in [2.05, 4.69) is 20.5 Å². The van der Waals surface area contributed by atoms with E-state index in [-0.39, 0.29) is 0 Å². The van der Waals surface area contributed by atoms with Crippen LogP contribution in [-0.4, -0.2) is 19.7 Å². The van der Waals surface area contributed by atoms with Crippen molar-refractivity contribution in [3.63, 3.8) is 0 Å². The Labute approximate surface area is 93.5 Å². The average Bonchev–Trinajstić information content (AvgIpc) is 2.69. The van der Waals surface area contributed by atoms with Gasteiger partial charge in [-0.05, 0) is 13.8 Å². The zero-order chi connectivity index (χ0) is 11.7. The number of hydrogen-bond acceptors (Lipinski definition) is 5. The van der Waals surface area contributed by atoms with E-state index in [1.807, 2.05) is 27.1 Å². The van der Waals surface area contributed by atoms with Crippen molar-refractivity contribution in [3.8, 4) is 11.4 Å². The minimum absolute atomic E-state index is 0.629. The van der Waals surface area contributed by atoms with Crippen LogP contribution in [0, 0.1) is 13.8 Å². The van der Waals surface area contributed by atoms with Gasteiger partial charge in [0.25, 0.3) is 0 Å². The van der Waals surface area contributed by atoms with Crippen molar-refractivity contribution < 1.29 is 0 Å². The molecule has 0 radical (unpaired) electrons. The lowest BCUT2D eigenvalue weighted by molar-refractivity contribution is 0.768. The van der Waals surface area contributed by atoms with E-state index < -0.39 is 0 Å². The van der Waals surface area contributed by atoms with Crippen molar-refractivity contribution in [2.45, 2.75) is 13.8 Å². The maximum Gasteiger partial charge on any atom is 0.165 e. The second-order valence-electron chi connectivity index (χ2n) is 3.65. The number of nitrogens with zero attached hydrogens (tertiary/aromatic N) is 4. The fourth-order valence-corrected chi connectivity index (χ4v) is 1.44. The van der Waals surface area contributed by atoms with E-state index in [9.17, 15) is 0 Å². The first kappa shape index (κ1) is 10.6. The number of aryl methyl sites for hydroxylation is 2. The third kappa shape index (κ3) is 1.74. The molecule has 0 fully saturated rings. The second-order valence-corrected chi connectivity index (χ2v) is 3.65. The van der Waals surface area contributed by atoms with Crippen molar-refractivity contribution in [1.82, 2.24) is 19.7 Å². The van der Waals surface area contributed by atoms with Gasteiger partial charge in [0.1, 0.15) is 5.82 Å². The molecule has 0 amide bonds. The fraction of sp³-hybridized carbons (Fsp3) is 0.300. The molecule has 2 rings (SSSR count). The number of aromatic nitrogens is 4. The van der Waals surface area contributed by atoms with Crippen molar-refractivity contribution in [1.29, 1.82) is 0 Å². The Morgan fingerprint density at radius 3 is 2.62 bits per heavy atom. The van der Waals surface area contributed by atoms with Crippen molar-refractivity contribution >= 4 is 5.82 Å². The van der Waals surface area contributed by atoms with Gasteiger partial charge in [-0.1, -0.05) is 0 Å². The van der Waals surface area contributed by atoms with Crippen LogP contribution in [-0.2, 0) is 7.05 Å². The van der Waals surface area contributed by atoms with Crippen LogP contribution in [0.3, 0.4) is 0 Å². The lowest BCUT2D eigenvalue weighted by Crippen LogP contribution is -2.12.